The van der Waals surface area contributed by atoms with Crippen molar-refractivity contribution in [2.24, 2.45) is 0 Å². The number of esters is 1. The average Bonchev–Trinajstić information content (AvgIpc) is 3.42. The van der Waals surface area contributed by atoms with E-state index < -0.39 is 6.10 Å². The van der Waals surface area contributed by atoms with E-state index in [-0.39, 0.29) is 19.5 Å². The van der Waals surface area contributed by atoms with Crippen LogP contribution in [-0.4, -0.2) is 52.0 Å². The van der Waals surface area contributed by atoms with E-state index in [0.29, 0.717) is 29.5 Å². The van der Waals surface area contributed by atoms with Crippen LogP contribution < -0.4 is 5.32 Å². The van der Waals surface area contributed by atoms with Gasteiger partial charge in [-0.25, -0.2) is 9.78 Å². The fourth-order valence-corrected chi connectivity index (χ4v) is 3.10. The molecule has 0 amide bonds. The van der Waals surface area contributed by atoms with Gasteiger partial charge in [-0.2, -0.15) is 4.63 Å². The highest BCUT2D eigenvalue weighted by Gasteiger charge is 2.24. The lowest BCUT2D eigenvalue weighted by Gasteiger charge is -2.11. The molecule has 9 nitrogen and oxygen atoms in total. The minimum absolute atomic E-state index is 0.128. The first kappa shape index (κ1) is 18.7. The highest BCUT2D eigenvalue weighted by molar-refractivity contribution is 6.34. The summed E-state index contributed by atoms with van der Waals surface area (Å²) in [5.74, 6) is 0.179. The second kappa shape index (κ2) is 8.17. The third-order valence-corrected chi connectivity index (χ3v) is 4.84. The molecule has 10 heteroatoms. The van der Waals surface area contributed by atoms with Crippen molar-refractivity contribution >= 4 is 28.9 Å². The summed E-state index contributed by atoms with van der Waals surface area (Å²) in [5, 5.41) is 11.1. The molecule has 28 heavy (non-hydrogen) atoms. The molecule has 0 radical (unpaired) electrons. The summed E-state index contributed by atoms with van der Waals surface area (Å²) >= 11 is 6.21. The zero-order valence-corrected chi connectivity index (χ0v) is 16.0. The van der Waals surface area contributed by atoms with Crippen molar-refractivity contribution in [3.63, 3.8) is 0 Å². The Hall–Kier alpha value is -2.62. The summed E-state index contributed by atoms with van der Waals surface area (Å²) in [6, 6.07) is 7.59. The Morgan fingerprint density at radius 1 is 1.50 bits per heavy atom. The number of nitrogens with zero attached hydrogens (tertiary/aromatic N) is 3. The highest BCUT2D eigenvalue weighted by atomic mass is 35.5. The van der Waals surface area contributed by atoms with E-state index in [4.69, 9.17) is 25.8 Å². The highest BCUT2D eigenvalue weighted by Crippen LogP contribution is 2.24. The maximum absolute atomic E-state index is 11.7. The molecule has 2 aromatic heterocycles. The van der Waals surface area contributed by atoms with Gasteiger partial charge in [0.1, 0.15) is 11.8 Å². The number of hydrogen-bond donors (Lipinski definition) is 2. The van der Waals surface area contributed by atoms with Crippen LogP contribution in [0.25, 0.3) is 17.0 Å². The number of hydrogen-bond acceptors (Lipinski definition) is 7. The van der Waals surface area contributed by atoms with Gasteiger partial charge in [-0.15, -0.1) is 5.10 Å². The molecule has 3 aromatic rings. The first-order valence-corrected chi connectivity index (χ1v) is 9.31. The van der Waals surface area contributed by atoms with Crippen molar-refractivity contribution < 1.29 is 19.0 Å². The minimum Gasteiger partial charge on any atom is -0.436 e. The van der Waals surface area contributed by atoms with Crippen molar-refractivity contribution in [3.8, 4) is 11.4 Å². The van der Waals surface area contributed by atoms with Crippen LogP contribution >= 0.6 is 11.6 Å². The number of rotatable bonds is 7. The number of aryl methyl sites for hydroxylation is 1. The molecule has 0 bridgehead atoms. The molecular formula is C18H20ClN5O4. The summed E-state index contributed by atoms with van der Waals surface area (Å²) < 4.78 is 17.2. The zero-order chi connectivity index (χ0) is 19.5. The maximum Gasteiger partial charge on any atom is 0.337 e. The number of H-pyrrole nitrogens is 1. The van der Waals surface area contributed by atoms with E-state index in [2.05, 4.69) is 20.5 Å². The largest absolute Gasteiger partial charge is 0.436 e. The summed E-state index contributed by atoms with van der Waals surface area (Å²) in [6.07, 6.45) is 1.12. The van der Waals surface area contributed by atoms with Crippen molar-refractivity contribution in [2.75, 3.05) is 25.4 Å². The smallest absolute Gasteiger partial charge is 0.337 e. The molecular weight excluding hydrogens is 386 g/mol. The Labute approximate surface area is 165 Å². The van der Waals surface area contributed by atoms with E-state index in [9.17, 15) is 4.79 Å². The summed E-state index contributed by atoms with van der Waals surface area (Å²) in [6.45, 7) is 2.52. The number of aromatic nitrogens is 4. The molecule has 1 aliphatic heterocycles. The van der Waals surface area contributed by atoms with Crippen LogP contribution in [0.4, 0.5) is 5.69 Å². The third kappa shape index (κ3) is 3.96. The van der Waals surface area contributed by atoms with Crippen molar-refractivity contribution in [2.45, 2.75) is 25.9 Å². The SMILES string of the molecule is Cc1[nH]n2nc(-c3cccc(NCOCOC(=O)C4CCCO4)c3)nc2c1Cl. The second-order valence-electron chi connectivity index (χ2n) is 6.41. The van der Waals surface area contributed by atoms with Gasteiger partial charge in [-0.1, -0.05) is 23.7 Å². The molecule has 1 saturated heterocycles. The average molecular weight is 406 g/mol. The molecule has 0 spiro atoms. The first-order chi connectivity index (χ1) is 13.6. The zero-order valence-electron chi connectivity index (χ0n) is 15.3. The van der Waals surface area contributed by atoms with Gasteiger partial charge in [0.25, 0.3) is 0 Å². The third-order valence-electron chi connectivity index (χ3n) is 4.38. The van der Waals surface area contributed by atoms with Gasteiger partial charge in [-0.05, 0) is 31.9 Å². The molecule has 2 N–H and O–H groups in total. The normalized spacial score (nSPS) is 16.6. The van der Waals surface area contributed by atoms with Gasteiger partial charge in [0.05, 0.1) is 5.69 Å². The number of ether oxygens (including phenoxy) is 3. The number of benzene rings is 1. The molecule has 1 fully saturated rings. The summed E-state index contributed by atoms with van der Waals surface area (Å²) in [7, 11) is 0. The number of carbonyl (C=O) groups excluding carboxylic acids is 1. The molecule has 0 saturated carbocycles. The Morgan fingerprint density at radius 2 is 2.39 bits per heavy atom. The van der Waals surface area contributed by atoms with E-state index in [1.165, 1.54) is 0 Å². The van der Waals surface area contributed by atoms with Gasteiger partial charge < -0.3 is 19.5 Å². The van der Waals surface area contributed by atoms with Gasteiger partial charge in [0, 0.05) is 17.9 Å². The quantitative estimate of drug-likeness (QED) is 0.354. The van der Waals surface area contributed by atoms with E-state index in [1.54, 1.807) is 4.63 Å². The van der Waals surface area contributed by atoms with Crippen LogP contribution in [-0.2, 0) is 19.0 Å². The molecule has 1 unspecified atom stereocenters. The van der Waals surface area contributed by atoms with Gasteiger partial charge in [-0.3, -0.25) is 5.10 Å². The van der Waals surface area contributed by atoms with Crippen LogP contribution in [0.15, 0.2) is 24.3 Å². The van der Waals surface area contributed by atoms with Crippen LogP contribution in [0.5, 0.6) is 0 Å². The van der Waals surface area contributed by atoms with E-state index in [0.717, 1.165) is 23.4 Å². The Kier molecular flexibility index (Phi) is 5.47. The first-order valence-electron chi connectivity index (χ1n) is 8.93. The van der Waals surface area contributed by atoms with Gasteiger partial charge >= 0.3 is 5.97 Å². The van der Waals surface area contributed by atoms with Gasteiger partial charge in [0.2, 0.25) is 0 Å². The predicted molar refractivity (Wildman–Crippen MR) is 102 cm³/mol. The number of nitrogens with one attached hydrogen (secondary N) is 2. The van der Waals surface area contributed by atoms with E-state index in [1.807, 2.05) is 31.2 Å². The summed E-state index contributed by atoms with van der Waals surface area (Å²) in [5.41, 5.74) is 3.06. The number of carbonyl (C=O) groups is 1. The Morgan fingerprint density at radius 3 is 3.18 bits per heavy atom. The Bertz CT molecular complexity index is 980. The minimum atomic E-state index is -0.459. The molecule has 1 aromatic carbocycles. The maximum atomic E-state index is 11.7. The number of aromatic amines is 1. The van der Waals surface area contributed by atoms with E-state index >= 15 is 0 Å². The molecule has 0 aliphatic carbocycles. The van der Waals surface area contributed by atoms with Crippen LogP contribution in [0.1, 0.15) is 18.5 Å². The predicted octanol–water partition coefficient (Wildman–Crippen LogP) is 2.75. The fourth-order valence-electron chi connectivity index (χ4n) is 2.93. The lowest BCUT2D eigenvalue weighted by Crippen LogP contribution is -2.23. The lowest BCUT2D eigenvalue weighted by atomic mass is 10.2. The van der Waals surface area contributed by atoms with Crippen LogP contribution in [0, 0.1) is 6.92 Å². The van der Waals surface area contributed by atoms with Crippen molar-refractivity contribution in [1.82, 2.24) is 19.8 Å². The number of anilines is 1. The lowest BCUT2D eigenvalue weighted by molar-refractivity contribution is -0.166. The van der Waals surface area contributed by atoms with Gasteiger partial charge in [0.15, 0.2) is 24.4 Å². The molecule has 4 rings (SSSR count). The fraction of sp³-hybridized carbons (Fsp3) is 0.389. The molecule has 1 aliphatic rings. The van der Waals surface area contributed by atoms with Crippen LogP contribution in [0.3, 0.4) is 0 Å². The summed E-state index contributed by atoms with van der Waals surface area (Å²) in [4.78, 5) is 16.2. The standard InChI is InChI=1S/C18H20ClN5O4/c1-11-15(19)17-21-16(23-24(17)22-11)12-4-2-5-13(8-12)20-9-26-10-28-18(25)14-6-3-7-27-14/h2,4-5,8,14,20,22H,3,6-7,9-10H2,1H3. The molecule has 148 valence electrons. The second-order valence-corrected chi connectivity index (χ2v) is 6.79. The number of halogens is 1. The molecule has 3 heterocycles. The van der Waals surface area contributed by atoms with Crippen molar-refractivity contribution in [3.05, 3.63) is 35.0 Å². The van der Waals surface area contributed by atoms with Crippen LogP contribution in [0.2, 0.25) is 5.02 Å². The topological polar surface area (TPSA) is 103 Å². The monoisotopic (exact) mass is 405 g/mol. The Balaban J connectivity index is 1.30. The number of fused-ring (bicyclic) bond motifs is 1. The van der Waals surface area contributed by atoms with Crippen molar-refractivity contribution in [1.29, 1.82) is 0 Å². The molecule has 1 atom stereocenters.